The summed E-state index contributed by atoms with van der Waals surface area (Å²) in [5, 5.41) is 2.43. The van der Waals surface area contributed by atoms with Crippen molar-refractivity contribution in [3.8, 4) is 28.0 Å². The monoisotopic (exact) mass is 703 g/mol. The lowest BCUT2D eigenvalue weighted by molar-refractivity contribution is 0.381. The summed E-state index contributed by atoms with van der Waals surface area (Å²) in [6.45, 7) is 0. The standard InChI is InChI=1S/C53H37NO/c1-4-15-36(16-5-1)39-27-31-47-51(33-39)55-52-34-40(37-17-6-2-7-18-37)28-32-48(52)53(47)46-25-13-12-24-44(46)45-30-29-42(35-49(45)53)54(41-21-8-3-9-22-41)50-26-14-20-38-19-10-11-23-43(38)50/h1-27,29-35,40H,28H2. The van der Waals surface area contributed by atoms with Crippen LogP contribution < -0.4 is 9.64 Å². The van der Waals surface area contributed by atoms with Gasteiger partial charge in [-0.05, 0) is 93.2 Å². The maximum Gasteiger partial charge on any atom is 0.132 e. The van der Waals surface area contributed by atoms with E-state index in [2.05, 4.69) is 211 Å². The van der Waals surface area contributed by atoms with E-state index in [1.807, 2.05) is 0 Å². The number of ether oxygens (including phenoxy) is 1. The molecule has 2 heteroatoms. The molecule has 2 atom stereocenters. The molecule has 1 aliphatic heterocycles. The predicted molar refractivity (Wildman–Crippen MR) is 226 cm³/mol. The SMILES string of the molecule is C1=C2Oc3cc(-c4ccccc4)ccc3C3(C2=CCC1c1ccccc1)c1ccccc1-c1ccc(N(c2ccccc2)c2cccc4ccccc24)cc13. The summed E-state index contributed by atoms with van der Waals surface area (Å²) in [4.78, 5) is 2.43. The fourth-order valence-electron chi connectivity index (χ4n) is 9.43. The van der Waals surface area contributed by atoms with Gasteiger partial charge >= 0.3 is 0 Å². The molecule has 0 N–H and O–H groups in total. The second-order valence-corrected chi connectivity index (χ2v) is 14.8. The van der Waals surface area contributed by atoms with Gasteiger partial charge in [0.15, 0.2) is 0 Å². The molecule has 8 aromatic carbocycles. The lowest BCUT2D eigenvalue weighted by atomic mass is 9.63. The van der Waals surface area contributed by atoms with E-state index in [-0.39, 0.29) is 5.92 Å². The van der Waals surface area contributed by atoms with Crippen molar-refractivity contribution in [3.05, 3.63) is 240 Å². The molecule has 2 aliphatic carbocycles. The highest BCUT2D eigenvalue weighted by molar-refractivity contribution is 6.00. The number of anilines is 3. The molecule has 1 spiro atoms. The van der Waals surface area contributed by atoms with Gasteiger partial charge in [-0.1, -0.05) is 164 Å². The number of hydrogen-bond donors (Lipinski definition) is 0. The van der Waals surface area contributed by atoms with Gasteiger partial charge in [0.25, 0.3) is 0 Å². The van der Waals surface area contributed by atoms with E-state index in [0.717, 1.165) is 40.6 Å². The van der Waals surface area contributed by atoms with Crippen molar-refractivity contribution in [2.75, 3.05) is 4.90 Å². The first kappa shape index (κ1) is 31.6. The zero-order valence-corrected chi connectivity index (χ0v) is 30.3. The molecule has 2 unspecified atom stereocenters. The Kier molecular flexibility index (Phi) is 7.25. The molecule has 0 fully saturated rings. The average molecular weight is 704 g/mol. The molecular formula is C53H37NO. The Bertz CT molecular complexity index is 2810. The van der Waals surface area contributed by atoms with Gasteiger partial charge in [-0.2, -0.15) is 0 Å². The molecule has 55 heavy (non-hydrogen) atoms. The molecule has 8 aromatic rings. The van der Waals surface area contributed by atoms with Crippen LogP contribution in [0, 0.1) is 0 Å². The first-order valence-electron chi connectivity index (χ1n) is 19.2. The van der Waals surface area contributed by atoms with Crippen LogP contribution in [0.2, 0.25) is 0 Å². The lowest BCUT2D eigenvalue weighted by Gasteiger charge is -2.43. The number of fused-ring (bicyclic) bond motifs is 10. The number of allylic oxidation sites excluding steroid dienone is 3. The van der Waals surface area contributed by atoms with Gasteiger partial charge in [0.05, 0.1) is 11.1 Å². The van der Waals surface area contributed by atoms with Gasteiger partial charge in [-0.15, -0.1) is 0 Å². The van der Waals surface area contributed by atoms with Crippen molar-refractivity contribution in [1.82, 2.24) is 0 Å². The first-order valence-corrected chi connectivity index (χ1v) is 19.2. The molecule has 1 heterocycles. The molecule has 11 rings (SSSR count). The highest BCUT2D eigenvalue weighted by atomic mass is 16.5. The van der Waals surface area contributed by atoms with E-state index in [0.29, 0.717) is 0 Å². The van der Waals surface area contributed by atoms with Crippen LogP contribution in [-0.2, 0) is 5.41 Å². The van der Waals surface area contributed by atoms with E-state index in [4.69, 9.17) is 4.74 Å². The average Bonchev–Trinajstić information content (AvgIpc) is 3.54. The van der Waals surface area contributed by atoms with Crippen molar-refractivity contribution in [2.24, 2.45) is 0 Å². The molecule has 3 aliphatic rings. The summed E-state index contributed by atoms with van der Waals surface area (Å²) in [6.07, 6.45) is 5.75. The number of nitrogens with zero attached hydrogens (tertiary/aromatic N) is 1. The van der Waals surface area contributed by atoms with Gasteiger partial charge in [-0.3, -0.25) is 0 Å². The molecule has 0 amide bonds. The van der Waals surface area contributed by atoms with E-state index < -0.39 is 5.41 Å². The summed E-state index contributed by atoms with van der Waals surface area (Å²) >= 11 is 0. The first-order chi connectivity index (χ1) is 27.3. The van der Waals surface area contributed by atoms with Crippen LogP contribution in [-0.4, -0.2) is 0 Å². The Morgan fingerprint density at radius 2 is 1.22 bits per heavy atom. The number of rotatable bonds is 5. The van der Waals surface area contributed by atoms with Gasteiger partial charge in [0.2, 0.25) is 0 Å². The fraction of sp³-hybridized carbons (Fsp3) is 0.0566. The number of para-hydroxylation sites is 1. The lowest BCUT2D eigenvalue weighted by Crippen LogP contribution is -2.36. The second kappa shape index (κ2) is 12.6. The van der Waals surface area contributed by atoms with Crippen LogP contribution in [0.5, 0.6) is 5.75 Å². The van der Waals surface area contributed by atoms with Crippen LogP contribution in [0.15, 0.2) is 218 Å². The highest BCUT2D eigenvalue weighted by Crippen LogP contribution is 2.63. The third-order valence-corrected chi connectivity index (χ3v) is 11.8. The van der Waals surface area contributed by atoms with Crippen LogP contribution in [0.3, 0.4) is 0 Å². The van der Waals surface area contributed by atoms with Gasteiger partial charge in [-0.25, -0.2) is 0 Å². The largest absolute Gasteiger partial charge is 0.457 e. The van der Waals surface area contributed by atoms with E-state index in [1.54, 1.807) is 0 Å². The minimum atomic E-state index is -0.584. The van der Waals surface area contributed by atoms with E-state index in [1.165, 1.54) is 55.3 Å². The van der Waals surface area contributed by atoms with Crippen LogP contribution >= 0.6 is 0 Å². The minimum absolute atomic E-state index is 0.221. The number of benzene rings is 8. The molecule has 0 radical (unpaired) electrons. The maximum atomic E-state index is 7.11. The van der Waals surface area contributed by atoms with Crippen molar-refractivity contribution in [2.45, 2.75) is 17.8 Å². The Hall–Kier alpha value is -6.90. The summed E-state index contributed by atoms with van der Waals surface area (Å²) in [7, 11) is 0. The topological polar surface area (TPSA) is 12.5 Å². The smallest absolute Gasteiger partial charge is 0.132 e. The molecule has 260 valence electrons. The van der Waals surface area contributed by atoms with Crippen LogP contribution in [0.4, 0.5) is 17.1 Å². The minimum Gasteiger partial charge on any atom is -0.457 e. The molecule has 2 nitrogen and oxygen atoms in total. The number of hydrogen-bond acceptors (Lipinski definition) is 2. The molecule has 0 saturated heterocycles. The fourth-order valence-corrected chi connectivity index (χ4v) is 9.43. The molecular weight excluding hydrogens is 667 g/mol. The van der Waals surface area contributed by atoms with Crippen LogP contribution in [0.25, 0.3) is 33.0 Å². The molecule has 0 saturated carbocycles. The normalized spacial score (nSPS) is 17.6. The highest BCUT2D eigenvalue weighted by Gasteiger charge is 2.53. The predicted octanol–water partition coefficient (Wildman–Crippen LogP) is 13.7. The quantitative estimate of drug-likeness (QED) is 0.177. The Morgan fingerprint density at radius 3 is 2.07 bits per heavy atom. The summed E-state index contributed by atoms with van der Waals surface area (Å²) < 4.78 is 7.11. The van der Waals surface area contributed by atoms with Crippen LogP contribution in [0.1, 0.15) is 34.6 Å². The summed E-state index contributed by atoms with van der Waals surface area (Å²) in [6, 6.07) is 70.6. The zero-order valence-electron chi connectivity index (χ0n) is 30.3. The zero-order chi connectivity index (χ0) is 36.3. The van der Waals surface area contributed by atoms with Crippen molar-refractivity contribution in [1.29, 1.82) is 0 Å². The van der Waals surface area contributed by atoms with Crippen molar-refractivity contribution in [3.63, 3.8) is 0 Å². The van der Waals surface area contributed by atoms with E-state index in [9.17, 15) is 0 Å². The van der Waals surface area contributed by atoms with Crippen molar-refractivity contribution >= 4 is 27.8 Å². The summed E-state index contributed by atoms with van der Waals surface area (Å²) in [5.41, 5.74) is 13.9. The van der Waals surface area contributed by atoms with Gasteiger partial charge in [0.1, 0.15) is 11.5 Å². The Morgan fingerprint density at radius 1 is 0.509 bits per heavy atom. The molecule has 0 bridgehead atoms. The maximum absolute atomic E-state index is 7.11. The third-order valence-electron chi connectivity index (χ3n) is 11.8. The second-order valence-electron chi connectivity index (χ2n) is 14.8. The third kappa shape index (κ3) is 4.88. The summed E-state index contributed by atoms with van der Waals surface area (Å²) in [5.74, 6) is 2.07. The van der Waals surface area contributed by atoms with Gasteiger partial charge in [0, 0.05) is 33.8 Å². The van der Waals surface area contributed by atoms with E-state index >= 15 is 0 Å². The van der Waals surface area contributed by atoms with Gasteiger partial charge < -0.3 is 9.64 Å². The van der Waals surface area contributed by atoms with Crippen molar-refractivity contribution < 1.29 is 4.74 Å². The molecule has 0 aromatic heterocycles. The Labute approximate surface area is 321 Å². The Balaban J connectivity index is 1.19.